The smallest absolute Gasteiger partial charge is 0.312 e. The highest BCUT2D eigenvalue weighted by Gasteiger charge is 2.50. The number of likely N-dealkylation sites (tertiary alicyclic amines) is 1. The van der Waals surface area contributed by atoms with Gasteiger partial charge >= 0.3 is 5.97 Å². The van der Waals surface area contributed by atoms with Crippen molar-refractivity contribution in [3.63, 3.8) is 0 Å². The van der Waals surface area contributed by atoms with Gasteiger partial charge in [-0.1, -0.05) is 0 Å². The van der Waals surface area contributed by atoms with E-state index >= 15 is 0 Å². The predicted molar refractivity (Wildman–Crippen MR) is 101 cm³/mol. The highest BCUT2D eigenvalue weighted by Crippen LogP contribution is 2.43. The van der Waals surface area contributed by atoms with Gasteiger partial charge in [0.2, 0.25) is 0 Å². The number of cyclic esters (lactones) is 1. The Bertz CT molecular complexity index is 880. The summed E-state index contributed by atoms with van der Waals surface area (Å²) < 4.78 is 5.60. The van der Waals surface area contributed by atoms with E-state index < -0.39 is 5.41 Å². The number of esters is 1. The van der Waals surface area contributed by atoms with Crippen LogP contribution in [0, 0.1) is 12.3 Å². The summed E-state index contributed by atoms with van der Waals surface area (Å²) in [6, 6.07) is 5.56. The third kappa shape index (κ3) is 3.32. The monoisotopic (exact) mass is 370 g/mol. The molecule has 0 bridgehead atoms. The first-order valence-electron chi connectivity index (χ1n) is 9.48. The van der Waals surface area contributed by atoms with E-state index in [4.69, 9.17) is 4.74 Å². The molecule has 2 fully saturated rings. The van der Waals surface area contributed by atoms with Gasteiger partial charge in [0.25, 0.3) is 5.91 Å². The molecule has 1 amide bonds. The van der Waals surface area contributed by atoms with Gasteiger partial charge < -0.3 is 19.5 Å². The molecule has 1 aromatic carbocycles. The number of benzene rings is 1. The molecule has 2 aliphatic rings. The number of aryl methyl sites for hydroxylation is 1. The van der Waals surface area contributed by atoms with Crippen LogP contribution in [0.15, 0.2) is 18.2 Å². The number of carbonyl (C=O) groups excluding carboxylic acids is 2. The van der Waals surface area contributed by atoms with Crippen LogP contribution in [0.25, 0.3) is 11.0 Å². The molecule has 2 aliphatic heterocycles. The number of likely N-dealkylation sites (N-methyl/N-ethyl adjacent to an activating group) is 1. The Kier molecular flexibility index (Phi) is 4.42. The Morgan fingerprint density at radius 2 is 2.11 bits per heavy atom. The molecule has 7 heteroatoms. The van der Waals surface area contributed by atoms with Crippen LogP contribution in [-0.4, -0.2) is 71.5 Å². The van der Waals surface area contributed by atoms with Crippen molar-refractivity contribution in [3.05, 3.63) is 29.6 Å². The van der Waals surface area contributed by atoms with Gasteiger partial charge in [0.15, 0.2) is 0 Å². The lowest BCUT2D eigenvalue weighted by atomic mass is 9.76. The van der Waals surface area contributed by atoms with E-state index in [0.29, 0.717) is 31.5 Å². The highest BCUT2D eigenvalue weighted by atomic mass is 16.6. The first-order valence-corrected chi connectivity index (χ1v) is 9.48. The number of amides is 1. The summed E-state index contributed by atoms with van der Waals surface area (Å²) in [5.41, 5.74) is 1.98. The van der Waals surface area contributed by atoms with Crippen molar-refractivity contribution in [1.29, 1.82) is 0 Å². The molecule has 1 N–H and O–H groups in total. The third-order valence-corrected chi connectivity index (χ3v) is 5.75. The minimum absolute atomic E-state index is 0.00945. The minimum Gasteiger partial charge on any atom is -0.461 e. The Balaban J connectivity index is 1.44. The Hall–Kier alpha value is -2.41. The number of imidazole rings is 1. The fourth-order valence-corrected chi connectivity index (χ4v) is 4.35. The van der Waals surface area contributed by atoms with Gasteiger partial charge in [0, 0.05) is 31.6 Å². The number of fused-ring (bicyclic) bond motifs is 1. The topological polar surface area (TPSA) is 78.5 Å². The molecule has 0 radical (unpaired) electrons. The quantitative estimate of drug-likeness (QED) is 0.836. The van der Waals surface area contributed by atoms with Gasteiger partial charge in [-0.15, -0.1) is 0 Å². The summed E-state index contributed by atoms with van der Waals surface area (Å²) in [7, 11) is 3.97. The Labute approximate surface area is 158 Å². The lowest BCUT2D eigenvalue weighted by Gasteiger charge is -2.36. The Morgan fingerprint density at radius 1 is 1.37 bits per heavy atom. The molecule has 2 aromatic rings. The molecular formula is C20H26N4O3. The van der Waals surface area contributed by atoms with Crippen molar-refractivity contribution >= 4 is 22.9 Å². The number of hydrogen-bond donors (Lipinski definition) is 1. The number of nitrogens with one attached hydrogen (secondary N) is 1. The fourth-order valence-electron chi connectivity index (χ4n) is 4.35. The normalized spacial score (nSPS) is 22.0. The zero-order chi connectivity index (χ0) is 19.2. The summed E-state index contributed by atoms with van der Waals surface area (Å²) in [5.74, 6) is 0.757. The molecule has 1 atom stereocenters. The summed E-state index contributed by atoms with van der Waals surface area (Å²) >= 11 is 0. The number of piperidine rings is 1. The first-order chi connectivity index (χ1) is 12.9. The number of rotatable bonds is 3. The van der Waals surface area contributed by atoms with Gasteiger partial charge in [0.05, 0.1) is 16.4 Å². The molecule has 3 heterocycles. The standard InChI is InChI=1S/C20H26N4O3/c1-13-21-16-5-4-14(10-17(16)22-13)18(25)24-8-6-20(7-9-24)11-15(12-23(2)3)27-19(20)26/h4-5,10,15H,6-9,11-12H2,1-3H3,(H,21,22). The van der Waals surface area contributed by atoms with E-state index in [1.807, 2.05) is 49.0 Å². The number of hydrogen-bond acceptors (Lipinski definition) is 5. The molecule has 1 unspecified atom stereocenters. The van der Waals surface area contributed by atoms with Gasteiger partial charge in [-0.2, -0.15) is 0 Å². The van der Waals surface area contributed by atoms with E-state index in [1.54, 1.807) is 0 Å². The van der Waals surface area contributed by atoms with Crippen LogP contribution < -0.4 is 0 Å². The molecule has 7 nitrogen and oxygen atoms in total. The van der Waals surface area contributed by atoms with Gasteiger partial charge in [-0.25, -0.2) is 4.98 Å². The van der Waals surface area contributed by atoms with Crippen molar-refractivity contribution < 1.29 is 14.3 Å². The van der Waals surface area contributed by atoms with E-state index in [0.717, 1.165) is 29.8 Å². The number of carbonyl (C=O) groups is 2. The first kappa shape index (κ1) is 18.0. The molecular weight excluding hydrogens is 344 g/mol. The van der Waals surface area contributed by atoms with Crippen LogP contribution in [0.1, 0.15) is 35.4 Å². The third-order valence-electron chi connectivity index (χ3n) is 5.75. The maximum atomic E-state index is 12.9. The molecule has 1 aromatic heterocycles. The van der Waals surface area contributed by atoms with Crippen molar-refractivity contribution in [3.8, 4) is 0 Å². The fraction of sp³-hybridized carbons (Fsp3) is 0.550. The summed E-state index contributed by atoms with van der Waals surface area (Å²) in [4.78, 5) is 36.8. The predicted octanol–water partition coefficient (Wildman–Crippen LogP) is 1.97. The van der Waals surface area contributed by atoms with Crippen LogP contribution in [0.2, 0.25) is 0 Å². The van der Waals surface area contributed by atoms with E-state index in [9.17, 15) is 9.59 Å². The van der Waals surface area contributed by atoms with E-state index in [1.165, 1.54) is 0 Å². The second kappa shape index (κ2) is 6.64. The van der Waals surface area contributed by atoms with Crippen molar-refractivity contribution in [1.82, 2.24) is 19.8 Å². The van der Waals surface area contributed by atoms with Crippen LogP contribution in [0.3, 0.4) is 0 Å². The zero-order valence-electron chi connectivity index (χ0n) is 16.1. The second-order valence-corrected chi connectivity index (χ2v) is 8.12. The molecule has 2 saturated heterocycles. The van der Waals surface area contributed by atoms with Crippen LogP contribution in [-0.2, 0) is 9.53 Å². The molecule has 144 valence electrons. The van der Waals surface area contributed by atoms with Crippen LogP contribution in [0.4, 0.5) is 0 Å². The van der Waals surface area contributed by atoms with Gasteiger partial charge in [-0.05, 0) is 52.1 Å². The summed E-state index contributed by atoms with van der Waals surface area (Å²) in [6.07, 6.45) is 2.06. The second-order valence-electron chi connectivity index (χ2n) is 8.12. The van der Waals surface area contributed by atoms with Crippen molar-refractivity contribution in [2.24, 2.45) is 5.41 Å². The summed E-state index contributed by atoms with van der Waals surface area (Å²) in [5, 5.41) is 0. The van der Waals surface area contributed by atoms with Gasteiger partial charge in [-0.3, -0.25) is 9.59 Å². The van der Waals surface area contributed by atoms with Gasteiger partial charge in [0.1, 0.15) is 11.9 Å². The van der Waals surface area contributed by atoms with Crippen LogP contribution >= 0.6 is 0 Å². The lowest BCUT2D eigenvalue weighted by molar-refractivity contribution is -0.150. The van der Waals surface area contributed by atoms with E-state index in [-0.39, 0.29) is 18.0 Å². The molecule has 1 spiro atoms. The van der Waals surface area contributed by atoms with Crippen LogP contribution in [0.5, 0.6) is 0 Å². The average Bonchev–Trinajstić information content (AvgIpc) is 3.13. The Morgan fingerprint density at radius 3 is 2.81 bits per heavy atom. The van der Waals surface area contributed by atoms with E-state index in [2.05, 4.69) is 9.97 Å². The molecule has 27 heavy (non-hydrogen) atoms. The number of ether oxygens (including phenoxy) is 1. The molecule has 0 saturated carbocycles. The zero-order valence-corrected chi connectivity index (χ0v) is 16.1. The van der Waals surface area contributed by atoms with Crippen molar-refractivity contribution in [2.45, 2.75) is 32.3 Å². The molecule has 4 rings (SSSR count). The number of nitrogens with zero attached hydrogens (tertiary/aromatic N) is 3. The average molecular weight is 370 g/mol. The molecule has 0 aliphatic carbocycles. The summed E-state index contributed by atoms with van der Waals surface area (Å²) in [6.45, 7) is 3.82. The number of H-pyrrole nitrogens is 1. The minimum atomic E-state index is -0.415. The highest BCUT2D eigenvalue weighted by molar-refractivity contribution is 5.97. The maximum Gasteiger partial charge on any atom is 0.312 e. The lowest BCUT2D eigenvalue weighted by Crippen LogP contribution is -2.45. The number of aromatic amines is 1. The SMILES string of the molecule is Cc1nc2ccc(C(=O)N3CCC4(CC3)CC(CN(C)C)OC4=O)cc2[nH]1. The largest absolute Gasteiger partial charge is 0.461 e. The number of aromatic nitrogens is 2. The van der Waals surface area contributed by atoms with Crippen molar-refractivity contribution in [2.75, 3.05) is 33.7 Å². The maximum absolute atomic E-state index is 12.9.